The molecule has 4 unspecified atom stereocenters. The molecule has 1 saturated heterocycles. The maximum atomic E-state index is 14.2. The minimum atomic E-state index is -2.01. The average molecular weight is 1050 g/mol. The minimum absolute atomic E-state index is 0.0269. The molecule has 0 bridgehead atoms. The van der Waals surface area contributed by atoms with Crippen LogP contribution in [0.1, 0.15) is 76.3 Å². The molecule has 11 amide bonds. The number of hydrogen-bond donors (Lipinski definition) is 14. The summed E-state index contributed by atoms with van der Waals surface area (Å²) in [4.78, 5) is 158. The second-order valence-electron chi connectivity index (χ2n) is 18.9. The molecule has 1 aliphatic heterocycles. The maximum absolute atomic E-state index is 14.2. The fourth-order valence-electron chi connectivity index (χ4n) is 8.19. The highest BCUT2D eigenvalue weighted by Crippen LogP contribution is 2.41. The first-order valence-electron chi connectivity index (χ1n) is 24.5. The fourth-order valence-corrected chi connectivity index (χ4v) is 8.19. The number of anilines is 1. The highest BCUT2D eigenvalue weighted by atomic mass is 16.3. The number of nitrogen functional groups attached to an aromatic ring is 1. The number of aromatic hydroxyl groups is 1. The Kier molecular flexibility index (Phi) is 22.4. The monoisotopic (exact) mass is 1050 g/mol. The fraction of sp³-hybridized carbons (Fsp3) is 0.510. The number of amides is 11. The van der Waals surface area contributed by atoms with Crippen molar-refractivity contribution in [2.24, 2.45) is 35.0 Å². The molecule has 0 spiro atoms. The molecule has 408 valence electrons. The number of carbonyl (C=O) groups excluding carboxylic acids is 12. The molecule has 2 aromatic carbocycles. The van der Waals surface area contributed by atoms with Gasteiger partial charge in [-0.2, -0.15) is 0 Å². The molecule has 1 aliphatic carbocycles. The van der Waals surface area contributed by atoms with Gasteiger partial charge in [0.05, 0.1) is 25.6 Å². The molecule has 2 aliphatic rings. The van der Waals surface area contributed by atoms with E-state index < -0.39 is 158 Å². The molecule has 26 heteroatoms. The van der Waals surface area contributed by atoms with Gasteiger partial charge in [0.1, 0.15) is 41.7 Å². The highest BCUT2D eigenvalue weighted by molar-refractivity contribution is 5.96. The lowest BCUT2D eigenvalue weighted by Crippen LogP contribution is -2.64. The molecule has 2 fully saturated rings. The number of phenolic OH excluding ortho intramolecular Hbond substituents is 1. The van der Waals surface area contributed by atoms with Crippen LogP contribution in [0.5, 0.6) is 5.75 Å². The Balaban J connectivity index is 1.56. The van der Waals surface area contributed by atoms with Crippen LogP contribution >= 0.6 is 0 Å². The number of phenols is 1. The molecule has 4 rings (SSSR count). The van der Waals surface area contributed by atoms with Gasteiger partial charge in [0.2, 0.25) is 65.0 Å². The zero-order valence-corrected chi connectivity index (χ0v) is 41.9. The van der Waals surface area contributed by atoms with Gasteiger partial charge in [-0.15, -0.1) is 0 Å². The van der Waals surface area contributed by atoms with Crippen LogP contribution in [0.2, 0.25) is 0 Å². The van der Waals surface area contributed by atoms with Crippen LogP contribution in [0, 0.1) is 17.8 Å². The van der Waals surface area contributed by atoms with E-state index in [1.807, 2.05) is 0 Å². The van der Waals surface area contributed by atoms with E-state index in [2.05, 4.69) is 47.9 Å². The zero-order valence-electron chi connectivity index (χ0n) is 41.9. The minimum Gasteiger partial charge on any atom is -0.508 e. The van der Waals surface area contributed by atoms with Crippen molar-refractivity contribution in [2.45, 2.75) is 114 Å². The molecule has 18 N–H and O–H groups in total. The number of nitrogens with one attached hydrogen (secondary N) is 9. The summed E-state index contributed by atoms with van der Waals surface area (Å²) in [7, 11) is 0. The lowest BCUT2D eigenvalue weighted by molar-refractivity contribution is -0.135. The van der Waals surface area contributed by atoms with Gasteiger partial charge in [-0.25, -0.2) is 0 Å². The van der Waals surface area contributed by atoms with Gasteiger partial charge in [-0.05, 0) is 72.9 Å². The van der Waals surface area contributed by atoms with Crippen molar-refractivity contribution in [2.75, 3.05) is 31.9 Å². The summed E-state index contributed by atoms with van der Waals surface area (Å²) in [5.74, 6) is -10.3. The third kappa shape index (κ3) is 19.7. The lowest BCUT2D eigenvalue weighted by Gasteiger charge is -2.34. The molecule has 0 aromatic heterocycles. The molecule has 0 radical (unpaired) electrons. The zero-order chi connectivity index (χ0) is 55.4. The maximum Gasteiger partial charge on any atom is 0.243 e. The predicted octanol–water partition coefficient (Wildman–Crippen LogP) is -4.45. The Morgan fingerprint density at radius 1 is 0.813 bits per heavy atom. The summed E-state index contributed by atoms with van der Waals surface area (Å²) in [6, 6.07) is 5.55. The van der Waals surface area contributed by atoms with Crippen LogP contribution in [0.25, 0.3) is 0 Å². The third-order valence-corrected chi connectivity index (χ3v) is 12.9. The van der Waals surface area contributed by atoms with Gasteiger partial charge >= 0.3 is 0 Å². The Hall–Kier alpha value is -8.16. The Labute approximate surface area is 432 Å². The SMILES string of the molecule is CCC(C)C1NC(=O)[C@H](Cc2ccc(O)cc2)NC(=O)CNC(=O)CC[C@@H](C(=O)NCCC2CC2C(=O)N[C@@H](Cc2ccc(N)cc2)C(=O)NCC(N)=O)NC(=O)[C@H](CC(N)=O)NC[C@](C=O)(CCC(N)=O)NC1=O. The summed E-state index contributed by atoms with van der Waals surface area (Å²) < 4.78 is 0. The number of nitrogens with two attached hydrogens (primary N) is 4. The Morgan fingerprint density at radius 2 is 1.48 bits per heavy atom. The average Bonchev–Trinajstić information content (AvgIpc) is 4.15. The van der Waals surface area contributed by atoms with E-state index in [9.17, 15) is 62.6 Å². The number of primary amides is 3. The second kappa shape index (κ2) is 28.3. The molecular weight excluding hydrogens is 979 g/mol. The molecule has 75 heavy (non-hydrogen) atoms. The van der Waals surface area contributed by atoms with E-state index in [1.54, 1.807) is 38.1 Å². The van der Waals surface area contributed by atoms with Crippen LogP contribution in [-0.2, 0) is 70.4 Å². The Morgan fingerprint density at radius 3 is 2.11 bits per heavy atom. The normalized spacial score (nSPS) is 23.7. The van der Waals surface area contributed by atoms with E-state index in [0.29, 0.717) is 35.9 Å². The molecule has 1 saturated carbocycles. The van der Waals surface area contributed by atoms with Crippen molar-refractivity contribution in [1.82, 2.24) is 47.9 Å². The van der Waals surface area contributed by atoms with Gasteiger partial charge in [0, 0.05) is 50.4 Å². The molecule has 26 nitrogen and oxygen atoms in total. The van der Waals surface area contributed by atoms with Crippen molar-refractivity contribution in [3.05, 3.63) is 59.7 Å². The van der Waals surface area contributed by atoms with Crippen LogP contribution in [0.4, 0.5) is 5.69 Å². The van der Waals surface area contributed by atoms with E-state index in [-0.39, 0.29) is 43.9 Å². The number of carbonyl (C=O) groups is 12. The van der Waals surface area contributed by atoms with Crippen molar-refractivity contribution < 1.29 is 62.6 Å². The lowest BCUT2D eigenvalue weighted by atomic mass is 9.91. The van der Waals surface area contributed by atoms with Crippen LogP contribution in [0.15, 0.2) is 48.5 Å². The van der Waals surface area contributed by atoms with E-state index in [1.165, 1.54) is 24.3 Å². The Bertz CT molecular complexity index is 2420. The topological polar surface area (TPSA) is 437 Å². The molecule has 1 heterocycles. The number of aldehydes is 1. The smallest absolute Gasteiger partial charge is 0.243 e. The van der Waals surface area contributed by atoms with Gasteiger partial charge in [-0.3, -0.25) is 52.7 Å². The van der Waals surface area contributed by atoms with Crippen molar-refractivity contribution >= 4 is 77.0 Å². The van der Waals surface area contributed by atoms with Gasteiger partial charge in [0.15, 0.2) is 0 Å². The van der Waals surface area contributed by atoms with Gasteiger partial charge in [0.25, 0.3) is 0 Å². The third-order valence-electron chi connectivity index (χ3n) is 12.9. The van der Waals surface area contributed by atoms with Gasteiger partial charge < -0.3 is 80.7 Å². The summed E-state index contributed by atoms with van der Waals surface area (Å²) in [6.07, 6.45) is -1.18. The van der Waals surface area contributed by atoms with Crippen molar-refractivity contribution in [3.63, 3.8) is 0 Å². The summed E-state index contributed by atoms with van der Waals surface area (Å²) in [6.45, 7) is 1.62. The van der Waals surface area contributed by atoms with Gasteiger partial charge in [-0.1, -0.05) is 44.5 Å². The van der Waals surface area contributed by atoms with Crippen molar-refractivity contribution in [1.29, 1.82) is 0 Å². The molecule has 2 aromatic rings. The summed E-state index contributed by atoms with van der Waals surface area (Å²) >= 11 is 0. The van der Waals surface area contributed by atoms with E-state index >= 15 is 0 Å². The van der Waals surface area contributed by atoms with Crippen LogP contribution in [0.3, 0.4) is 0 Å². The molecule has 9 atom stereocenters. The van der Waals surface area contributed by atoms with E-state index in [4.69, 9.17) is 22.9 Å². The second-order valence-corrected chi connectivity index (χ2v) is 18.9. The predicted molar refractivity (Wildman–Crippen MR) is 268 cm³/mol. The summed E-state index contributed by atoms with van der Waals surface area (Å²) in [5, 5.41) is 33.2. The van der Waals surface area contributed by atoms with Crippen molar-refractivity contribution in [3.8, 4) is 5.75 Å². The number of benzene rings is 2. The largest absolute Gasteiger partial charge is 0.508 e. The first kappa shape index (κ1) is 59.4. The standard InChI is InChI=1S/C49H69N13O13/c1-3-26(2)42-48(75)62-49(25-63,16-14-37(51)65)24-57-34(21-38(52)66)46(73)59-33(12-13-40(68)55-23-41(69)58-36(47(74)61-42)19-28-6-10-31(64)11-7-28)44(71)54-17-15-29-20-32(29)43(70)60-35(45(72)56-22-39(53)67)18-27-4-8-30(50)9-5-27/h4-11,25-26,29,32-36,42,57,64H,3,12-24,50H2,1-2H3,(H2,51,65)(H2,52,66)(H2,53,67)(H,54,71)(H,55,68)(H,56,72)(H,58,69)(H,59,73)(H,60,70)(H,61,74)(H,62,75)/t26?,29?,32?,33-,34-,35-,36-,42?,49-/m0/s1. The number of hydrogen-bond acceptors (Lipinski definition) is 15. The first-order valence-corrected chi connectivity index (χ1v) is 24.5. The summed E-state index contributed by atoms with van der Waals surface area (Å²) in [5.41, 5.74) is 21.6. The highest BCUT2D eigenvalue weighted by Gasteiger charge is 2.44. The number of rotatable bonds is 21. The quantitative estimate of drug-likeness (QED) is 0.0414. The first-order chi connectivity index (χ1) is 35.5. The van der Waals surface area contributed by atoms with Crippen LogP contribution in [-0.4, -0.2) is 138 Å². The molecular formula is C49H69N13O13. The van der Waals surface area contributed by atoms with E-state index in [0.717, 1.165) is 0 Å². The van der Waals surface area contributed by atoms with Crippen LogP contribution < -0.4 is 70.8 Å².